The van der Waals surface area contributed by atoms with Gasteiger partial charge in [-0.05, 0) is 29.1 Å². The zero-order chi connectivity index (χ0) is 14.8. The molecule has 3 rings (SSSR count). The van der Waals surface area contributed by atoms with Gasteiger partial charge < -0.3 is 5.11 Å². The van der Waals surface area contributed by atoms with Crippen LogP contribution in [0.5, 0.6) is 0 Å². The SMILES string of the molecule is O=C(Cc1ccc2sc(C(=O)O)cc2c1)c1ccccc1. The lowest BCUT2D eigenvalue weighted by Gasteiger charge is -2.01. The fourth-order valence-corrected chi connectivity index (χ4v) is 3.10. The number of hydrogen-bond acceptors (Lipinski definition) is 3. The molecule has 0 aliphatic heterocycles. The minimum atomic E-state index is -0.918. The molecule has 0 saturated heterocycles. The van der Waals surface area contributed by atoms with Gasteiger partial charge >= 0.3 is 5.97 Å². The highest BCUT2D eigenvalue weighted by atomic mass is 32.1. The minimum Gasteiger partial charge on any atom is -0.477 e. The first-order valence-corrected chi connectivity index (χ1v) is 7.29. The summed E-state index contributed by atoms with van der Waals surface area (Å²) in [4.78, 5) is 23.5. The fourth-order valence-electron chi connectivity index (χ4n) is 2.22. The van der Waals surface area contributed by atoms with Gasteiger partial charge in [0.1, 0.15) is 4.88 Å². The third kappa shape index (κ3) is 2.85. The zero-order valence-corrected chi connectivity index (χ0v) is 11.9. The van der Waals surface area contributed by atoms with Crippen LogP contribution in [0.3, 0.4) is 0 Å². The molecule has 1 heterocycles. The Labute approximate surface area is 125 Å². The van der Waals surface area contributed by atoms with Crippen molar-refractivity contribution >= 4 is 33.2 Å². The predicted molar refractivity (Wildman–Crippen MR) is 83.3 cm³/mol. The maximum absolute atomic E-state index is 12.2. The molecule has 0 fully saturated rings. The Morgan fingerprint density at radius 2 is 1.76 bits per heavy atom. The van der Waals surface area contributed by atoms with Gasteiger partial charge in [0.05, 0.1) is 0 Å². The highest BCUT2D eigenvalue weighted by Crippen LogP contribution is 2.27. The second-order valence-corrected chi connectivity index (χ2v) is 5.84. The van der Waals surface area contributed by atoms with Crippen molar-refractivity contribution in [2.24, 2.45) is 0 Å². The highest BCUT2D eigenvalue weighted by molar-refractivity contribution is 7.20. The van der Waals surface area contributed by atoms with Gasteiger partial charge in [0.2, 0.25) is 0 Å². The fraction of sp³-hybridized carbons (Fsp3) is 0.0588. The summed E-state index contributed by atoms with van der Waals surface area (Å²) in [5.41, 5.74) is 1.58. The van der Waals surface area contributed by atoms with E-state index in [0.29, 0.717) is 16.9 Å². The summed E-state index contributed by atoms with van der Waals surface area (Å²) in [7, 11) is 0. The molecule has 0 atom stereocenters. The minimum absolute atomic E-state index is 0.0589. The lowest BCUT2D eigenvalue weighted by molar-refractivity contribution is 0.0702. The molecule has 1 aromatic heterocycles. The summed E-state index contributed by atoms with van der Waals surface area (Å²) in [6.07, 6.45) is 0.318. The van der Waals surface area contributed by atoms with Crippen LogP contribution < -0.4 is 0 Å². The van der Waals surface area contributed by atoms with E-state index in [1.807, 2.05) is 36.4 Å². The highest BCUT2D eigenvalue weighted by Gasteiger charge is 2.10. The second-order valence-electron chi connectivity index (χ2n) is 4.75. The maximum atomic E-state index is 12.2. The Bertz CT molecular complexity index is 818. The molecular formula is C17H12O3S. The summed E-state index contributed by atoms with van der Waals surface area (Å²) in [5.74, 6) is -0.859. The summed E-state index contributed by atoms with van der Waals surface area (Å²) in [6, 6.07) is 16.5. The van der Waals surface area contributed by atoms with Gasteiger partial charge in [-0.15, -0.1) is 11.3 Å². The quantitative estimate of drug-likeness (QED) is 0.740. The average molecular weight is 296 g/mol. The number of hydrogen-bond donors (Lipinski definition) is 1. The molecule has 0 unspecified atom stereocenters. The van der Waals surface area contributed by atoms with Crippen molar-refractivity contribution in [2.75, 3.05) is 0 Å². The van der Waals surface area contributed by atoms with Gasteiger partial charge in [0.25, 0.3) is 0 Å². The molecule has 3 nitrogen and oxygen atoms in total. The summed E-state index contributed by atoms with van der Waals surface area (Å²) >= 11 is 1.24. The number of carbonyl (C=O) groups is 2. The van der Waals surface area contributed by atoms with Crippen molar-refractivity contribution < 1.29 is 14.7 Å². The van der Waals surface area contributed by atoms with Crippen molar-refractivity contribution in [2.45, 2.75) is 6.42 Å². The predicted octanol–water partition coefficient (Wildman–Crippen LogP) is 4.02. The summed E-state index contributed by atoms with van der Waals surface area (Å²) < 4.78 is 0.920. The molecule has 0 spiro atoms. The molecule has 0 bridgehead atoms. The van der Waals surface area contributed by atoms with Gasteiger partial charge in [-0.3, -0.25) is 4.79 Å². The maximum Gasteiger partial charge on any atom is 0.345 e. The van der Waals surface area contributed by atoms with E-state index < -0.39 is 5.97 Å². The van der Waals surface area contributed by atoms with E-state index in [2.05, 4.69) is 0 Å². The molecule has 104 valence electrons. The van der Waals surface area contributed by atoms with Crippen LogP contribution in [0.25, 0.3) is 10.1 Å². The van der Waals surface area contributed by atoms with Crippen molar-refractivity contribution in [1.29, 1.82) is 0 Å². The molecule has 21 heavy (non-hydrogen) atoms. The van der Waals surface area contributed by atoms with E-state index in [-0.39, 0.29) is 5.78 Å². The van der Waals surface area contributed by atoms with Gasteiger partial charge in [0, 0.05) is 16.7 Å². The van der Waals surface area contributed by atoms with E-state index in [0.717, 1.165) is 15.6 Å². The van der Waals surface area contributed by atoms with E-state index in [1.54, 1.807) is 18.2 Å². The van der Waals surface area contributed by atoms with Crippen molar-refractivity contribution in [3.8, 4) is 0 Å². The topological polar surface area (TPSA) is 54.4 Å². The first-order valence-electron chi connectivity index (χ1n) is 6.47. The van der Waals surface area contributed by atoms with Crippen LogP contribution in [0.15, 0.2) is 54.6 Å². The largest absolute Gasteiger partial charge is 0.477 e. The lowest BCUT2D eigenvalue weighted by Crippen LogP contribution is -2.02. The normalized spacial score (nSPS) is 10.7. The van der Waals surface area contributed by atoms with Crippen LogP contribution in [0, 0.1) is 0 Å². The zero-order valence-electron chi connectivity index (χ0n) is 11.1. The van der Waals surface area contributed by atoms with E-state index in [9.17, 15) is 9.59 Å². The van der Waals surface area contributed by atoms with Crippen LogP contribution in [0.2, 0.25) is 0 Å². The van der Waals surface area contributed by atoms with Crippen LogP contribution in [-0.4, -0.2) is 16.9 Å². The Kier molecular flexibility index (Phi) is 3.54. The molecule has 0 aliphatic carbocycles. The number of ketones is 1. The number of Topliss-reactive ketones (excluding diaryl/α,β-unsaturated/α-hetero) is 1. The molecule has 0 aliphatic rings. The van der Waals surface area contributed by atoms with Crippen molar-refractivity contribution in [3.05, 3.63) is 70.6 Å². The third-order valence-corrected chi connectivity index (χ3v) is 4.36. The first-order chi connectivity index (χ1) is 10.1. The first kappa shape index (κ1) is 13.5. The van der Waals surface area contributed by atoms with Gasteiger partial charge in [0.15, 0.2) is 5.78 Å². The third-order valence-electron chi connectivity index (χ3n) is 3.25. The smallest absolute Gasteiger partial charge is 0.345 e. The van der Waals surface area contributed by atoms with Crippen LogP contribution in [0.1, 0.15) is 25.6 Å². The summed E-state index contributed by atoms with van der Waals surface area (Å²) in [5, 5.41) is 9.88. The molecule has 4 heteroatoms. The Morgan fingerprint density at radius 1 is 1.00 bits per heavy atom. The van der Waals surface area contributed by atoms with E-state index >= 15 is 0 Å². The standard InChI is InChI=1S/C17H12O3S/c18-14(12-4-2-1-3-5-12)9-11-6-7-15-13(8-11)10-16(21-15)17(19)20/h1-8,10H,9H2,(H,19,20). The Morgan fingerprint density at radius 3 is 2.48 bits per heavy atom. The number of fused-ring (bicyclic) bond motifs is 1. The Balaban J connectivity index is 1.87. The number of thiophene rings is 1. The number of rotatable bonds is 4. The van der Waals surface area contributed by atoms with Gasteiger partial charge in [-0.1, -0.05) is 36.4 Å². The molecule has 0 radical (unpaired) electrons. The van der Waals surface area contributed by atoms with Crippen molar-refractivity contribution in [1.82, 2.24) is 0 Å². The lowest BCUT2D eigenvalue weighted by atomic mass is 10.0. The molecular weight excluding hydrogens is 284 g/mol. The van der Waals surface area contributed by atoms with Crippen LogP contribution in [-0.2, 0) is 6.42 Å². The average Bonchev–Trinajstić information content (AvgIpc) is 2.91. The number of benzene rings is 2. The number of carboxylic acids is 1. The molecule has 3 aromatic rings. The van der Waals surface area contributed by atoms with E-state index in [1.165, 1.54) is 11.3 Å². The van der Waals surface area contributed by atoms with Crippen LogP contribution in [0.4, 0.5) is 0 Å². The van der Waals surface area contributed by atoms with Gasteiger partial charge in [-0.25, -0.2) is 4.79 Å². The molecule has 2 aromatic carbocycles. The number of aromatic carboxylic acids is 1. The van der Waals surface area contributed by atoms with Gasteiger partial charge in [-0.2, -0.15) is 0 Å². The van der Waals surface area contributed by atoms with E-state index in [4.69, 9.17) is 5.11 Å². The molecule has 1 N–H and O–H groups in total. The summed E-state index contributed by atoms with van der Waals surface area (Å²) in [6.45, 7) is 0. The van der Waals surface area contributed by atoms with Crippen LogP contribution >= 0.6 is 11.3 Å². The number of carboxylic acid groups (broad SMARTS) is 1. The second kappa shape index (κ2) is 5.50. The monoisotopic (exact) mass is 296 g/mol. The molecule has 0 amide bonds. The van der Waals surface area contributed by atoms with Crippen molar-refractivity contribution in [3.63, 3.8) is 0 Å². The Hall–Kier alpha value is -2.46. The molecule has 0 saturated carbocycles. The number of carbonyl (C=O) groups excluding carboxylic acids is 1.